The van der Waals surface area contributed by atoms with Crippen molar-refractivity contribution in [1.82, 2.24) is 15.8 Å². The van der Waals surface area contributed by atoms with Crippen LogP contribution in [0.3, 0.4) is 0 Å². The van der Waals surface area contributed by atoms with Crippen LogP contribution in [0, 0.1) is 0 Å². The van der Waals surface area contributed by atoms with Gasteiger partial charge in [-0.25, -0.2) is 4.98 Å². The third-order valence-electron chi connectivity index (χ3n) is 4.38. The Morgan fingerprint density at radius 1 is 0.931 bits per heavy atom. The molecule has 0 unspecified atom stereocenters. The van der Waals surface area contributed by atoms with Crippen LogP contribution in [0.25, 0.3) is 22.4 Å². The number of nitrogens with zero attached hydrogens (tertiary/aromatic N) is 1. The standard InChI is InChI=1S/C22H17N3O4/c1-28-15-10-8-14(9-11-15)21(26)24-25-22(27)17-13-19(20-7-4-12-29-20)23-18-6-3-2-5-16(17)18/h2-13H,1H3,(H,24,26)(H,25,27). The van der Waals surface area contributed by atoms with Crippen LogP contribution in [0.15, 0.2) is 77.4 Å². The highest BCUT2D eigenvalue weighted by atomic mass is 16.5. The fourth-order valence-electron chi connectivity index (χ4n) is 2.91. The second kappa shape index (κ2) is 7.85. The third kappa shape index (κ3) is 3.79. The van der Waals surface area contributed by atoms with E-state index in [0.717, 1.165) is 0 Å². The van der Waals surface area contributed by atoms with E-state index in [1.54, 1.807) is 61.9 Å². The Balaban J connectivity index is 1.58. The fourth-order valence-corrected chi connectivity index (χ4v) is 2.91. The average molecular weight is 387 g/mol. The van der Waals surface area contributed by atoms with Gasteiger partial charge >= 0.3 is 0 Å². The molecule has 2 amide bonds. The normalized spacial score (nSPS) is 10.5. The first kappa shape index (κ1) is 18.2. The van der Waals surface area contributed by atoms with Crippen molar-refractivity contribution < 1.29 is 18.7 Å². The maximum absolute atomic E-state index is 12.8. The topological polar surface area (TPSA) is 93.5 Å². The number of rotatable bonds is 4. The molecule has 0 radical (unpaired) electrons. The van der Waals surface area contributed by atoms with Gasteiger partial charge in [-0.3, -0.25) is 20.4 Å². The number of para-hydroxylation sites is 1. The highest BCUT2D eigenvalue weighted by Gasteiger charge is 2.16. The van der Waals surface area contributed by atoms with Crippen LogP contribution in [-0.4, -0.2) is 23.9 Å². The second-order valence-electron chi connectivity index (χ2n) is 6.19. The molecule has 144 valence electrons. The lowest BCUT2D eigenvalue weighted by atomic mass is 10.1. The molecule has 4 aromatic rings. The van der Waals surface area contributed by atoms with E-state index in [-0.39, 0.29) is 0 Å². The minimum absolute atomic E-state index is 0.372. The fraction of sp³-hybridized carbons (Fsp3) is 0.0455. The van der Waals surface area contributed by atoms with Crippen molar-refractivity contribution in [2.45, 2.75) is 0 Å². The van der Waals surface area contributed by atoms with Crippen molar-refractivity contribution >= 4 is 22.7 Å². The first-order valence-electron chi connectivity index (χ1n) is 8.84. The molecular formula is C22H17N3O4. The zero-order valence-electron chi connectivity index (χ0n) is 15.5. The van der Waals surface area contributed by atoms with Gasteiger partial charge in [0.05, 0.1) is 24.5 Å². The number of methoxy groups -OCH3 is 1. The molecule has 0 atom stereocenters. The summed E-state index contributed by atoms with van der Waals surface area (Å²) in [5.74, 6) is 0.287. The molecule has 0 aliphatic carbocycles. The number of furan rings is 1. The van der Waals surface area contributed by atoms with Gasteiger partial charge in [0.2, 0.25) is 0 Å². The minimum atomic E-state index is -0.460. The van der Waals surface area contributed by atoms with Gasteiger partial charge in [0.25, 0.3) is 11.8 Å². The smallest absolute Gasteiger partial charge is 0.270 e. The zero-order valence-corrected chi connectivity index (χ0v) is 15.5. The molecule has 0 spiro atoms. The summed E-state index contributed by atoms with van der Waals surface area (Å²) in [6, 6.07) is 19.0. The number of carbonyl (C=O) groups excluding carboxylic acids is 2. The Morgan fingerprint density at radius 2 is 1.69 bits per heavy atom. The first-order chi connectivity index (χ1) is 14.2. The zero-order chi connectivity index (χ0) is 20.2. The van der Waals surface area contributed by atoms with E-state index in [9.17, 15) is 9.59 Å². The molecule has 2 N–H and O–H groups in total. The Morgan fingerprint density at radius 3 is 2.41 bits per heavy atom. The van der Waals surface area contributed by atoms with Gasteiger partial charge in [0.1, 0.15) is 11.4 Å². The van der Waals surface area contributed by atoms with E-state index in [4.69, 9.17) is 9.15 Å². The summed E-state index contributed by atoms with van der Waals surface area (Å²) >= 11 is 0. The number of hydrogen-bond acceptors (Lipinski definition) is 5. The molecule has 0 aliphatic heterocycles. The minimum Gasteiger partial charge on any atom is -0.497 e. The summed E-state index contributed by atoms with van der Waals surface area (Å²) in [5, 5.41) is 0.666. The third-order valence-corrected chi connectivity index (χ3v) is 4.38. The van der Waals surface area contributed by atoms with E-state index in [1.165, 1.54) is 0 Å². The second-order valence-corrected chi connectivity index (χ2v) is 6.19. The Labute approximate surface area is 166 Å². The number of fused-ring (bicyclic) bond motifs is 1. The van der Waals surface area contributed by atoms with Crippen LogP contribution in [0.2, 0.25) is 0 Å². The lowest BCUT2D eigenvalue weighted by molar-refractivity contribution is 0.0847. The summed E-state index contributed by atoms with van der Waals surface area (Å²) in [5.41, 5.74) is 6.83. The van der Waals surface area contributed by atoms with Crippen molar-refractivity contribution in [3.05, 3.63) is 84.1 Å². The van der Waals surface area contributed by atoms with Crippen molar-refractivity contribution in [2.75, 3.05) is 7.11 Å². The number of ether oxygens (including phenoxy) is 1. The van der Waals surface area contributed by atoms with Crippen molar-refractivity contribution in [2.24, 2.45) is 0 Å². The van der Waals surface area contributed by atoms with Crippen molar-refractivity contribution in [3.63, 3.8) is 0 Å². The number of hydrogen-bond donors (Lipinski definition) is 2. The van der Waals surface area contributed by atoms with E-state index in [0.29, 0.717) is 39.2 Å². The predicted molar refractivity (Wildman–Crippen MR) is 107 cm³/mol. The number of nitrogens with one attached hydrogen (secondary N) is 2. The molecule has 4 rings (SSSR count). The number of benzene rings is 2. The van der Waals surface area contributed by atoms with Crippen LogP contribution in [0.1, 0.15) is 20.7 Å². The molecule has 0 fully saturated rings. The molecule has 7 nitrogen and oxygen atoms in total. The molecule has 2 aromatic carbocycles. The molecule has 2 heterocycles. The first-order valence-corrected chi connectivity index (χ1v) is 8.84. The van der Waals surface area contributed by atoms with Gasteiger partial charge in [-0.15, -0.1) is 0 Å². The van der Waals surface area contributed by atoms with Crippen molar-refractivity contribution in [3.8, 4) is 17.2 Å². The van der Waals surface area contributed by atoms with E-state index in [1.807, 2.05) is 18.2 Å². The summed E-state index contributed by atoms with van der Waals surface area (Å²) < 4.78 is 10.5. The van der Waals surface area contributed by atoms with Crippen molar-refractivity contribution in [1.29, 1.82) is 0 Å². The van der Waals surface area contributed by atoms with Crippen LogP contribution in [-0.2, 0) is 0 Å². The maximum atomic E-state index is 12.8. The molecular weight excluding hydrogens is 370 g/mol. The van der Waals surface area contributed by atoms with E-state index < -0.39 is 11.8 Å². The molecule has 29 heavy (non-hydrogen) atoms. The highest BCUT2D eigenvalue weighted by Crippen LogP contribution is 2.25. The van der Waals surface area contributed by atoms with Crippen LogP contribution < -0.4 is 15.6 Å². The van der Waals surface area contributed by atoms with Gasteiger partial charge in [-0.05, 0) is 48.5 Å². The summed E-state index contributed by atoms with van der Waals surface area (Å²) in [7, 11) is 1.55. The molecule has 0 saturated carbocycles. The highest BCUT2D eigenvalue weighted by molar-refractivity contribution is 6.08. The Kier molecular flexibility index (Phi) is 4.94. The van der Waals surface area contributed by atoms with Gasteiger partial charge < -0.3 is 9.15 Å². The van der Waals surface area contributed by atoms with Gasteiger partial charge in [-0.1, -0.05) is 18.2 Å². The Bertz CT molecular complexity index is 1170. The SMILES string of the molecule is COc1ccc(C(=O)NNC(=O)c2cc(-c3ccco3)nc3ccccc23)cc1. The Hall–Kier alpha value is -4.13. The van der Waals surface area contributed by atoms with Crippen LogP contribution in [0.4, 0.5) is 0 Å². The van der Waals surface area contributed by atoms with Crippen LogP contribution >= 0.6 is 0 Å². The lowest BCUT2D eigenvalue weighted by Crippen LogP contribution is -2.41. The monoisotopic (exact) mass is 387 g/mol. The number of pyridine rings is 1. The maximum Gasteiger partial charge on any atom is 0.270 e. The van der Waals surface area contributed by atoms with Gasteiger partial charge in [0, 0.05) is 10.9 Å². The largest absolute Gasteiger partial charge is 0.497 e. The number of amides is 2. The van der Waals surface area contributed by atoms with Crippen LogP contribution in [0.5, 0.6) is 5.75 Å². The van der Waals surface area contributed by atoms with E-state index >= 15 is 0 Å². The lowest BCUT2D eigenvalue weighted by Gasteiger charge is -2.11. The average Bonchev–Trinajstić information content (AvgIpc) is 3.31. The molecule has 0 aliphatic rings. The predicted octanol–water partition coefficient (Wildman–Crippen LogP) is 3.58. The van der Waals surface area contributed by atoms with Gasteiger partial charge in [-0.2, -0.15) is 0 Å². The summed E-state index contributed by atoms with van der Waals surface area (Å²) in [6.45, 7) is 0. The molecule has 2 aromatic heterocycles. The number of hydrazine groups is 1. The number of aromatic nitrogens is 1. The van der Waals surface area contributed by atoms with Gasteiger partial charge in [0.15, 0.2) is 5.76 Å². The summed E-state index contributed by atoms with van der Waals surface area (Å²) in [4.78, 5) is 29.7. The number of carbonyl (C=O) groups is 2. The quantitative estimate of drug-likeness (QED) is 0.522. The molecule has 7 heteroatoms. The molecule has 0 bridgehead atoms. The summed E-state index contributed by atoms with van der Waals surface area (Å²) in [6.07, 6.45) is 1.54. The molecule has 0 saturated heterocycles. The van der Waals surface area contributed by atoms with E-state index in [2.05, 4.69) is 15.8 Å².